The summed E-state index contributed by atoms with van der Waals surface area (Å²) in [6, 6.07) is 11.6. The summed E-state index contributed by atoms with van der Waals surface area (Å²) in [5.41, 5.74) is 0. The van der Waals surface area contributed by atoms with Gasteiger partial charge in [0, 0.05) is 0 Å². The van der Waals surface area contributed by atoms with E-state index in [1.54, 1.807) is 0 Å². The van der Waals surface area contributed by atoms with Gasteiger partial charge in [0.2, 0.25) is 0 Å². The van der Waals surface area contributed by atoms with Gasteiger partial charge >= 0.3 is 88.8 Å². The van der Waals surface area contributed by atoms with Crippen LogP contribution >= 0.6 is 0 Å². The molecule has 3 nitrogen and oxygen atoms in total. The molecule has 0 saturated heterocycles. The number of aliphatic hydroxyl groups excluding tert-OH is 2. The first-order valence-corrected chi connectivity index (χ1v) is 6.02. The normalized spacial score (nSPS) is 14.4. The predicted octanol–water partition coefficient (Wildman–Crippen LogP) is -0.319. The zero-order valence-corrected chi connectivity index (χ0v) is 9.21. The van der Waals surface area contributed by atoms with E-state index in [1.807, 2.05) is 36.4 Å². The molecule has 0 fully saturated rings. The summed E-state index contributed by atoms with van der Waals surface area (Å²) in [7, 11) is 0. The van der Waals surface area contributed by atoms with Gasteiger partial charge in [-0.25, -0.2) is 0 Å². The van der Waals surface area contributed by atoms with Crippen LogP contribution in [0.2, 0.25) is 4.82 Å². The number of hydrogen-bond donors (Lipinski definition) is 2. The van der Waals surface area contributed by atoms with E-state index >= 15 is 0 Å². The van der Waals surface area contributed by atoms with Gasteiger partial charge in [0.05, 0.1) is 0 Å². The van der Waals surface area contributed by atoms with Crippen molar-refractivity contribution >= 4 is 19.4 Å². The van der Waals surface area contributed by atoms with Crippen LogP contribution < -0.4 is 4.46 Å². The van der Waals surface area contributed by atoms with Gasteiger partial charge in [0.1, 0.15) is 0 Å². The number of nitrogens with zero attached hydrogens (tertiary/aromatic N) is 1. The molecule has 0 aromatic heterocycles. The van der Waals surface area contributed by atoms with E-state index in [9.17, 15) is 5.11 Å². The second kappa shape index (κ2) is 5.79. The number of hydrogen-bond acceptors (Lipinski definition) is 3. The van der Waals surface area contributed by atoms with E-state index in [-0.39, 0.29) is 21.6 Å². The maximum atomic E-state index is 9.32. The van der Waals surface area contributed by atoms with Gasteiger partial charge in [-0.05, 0) is 0 Å². The molecule has 0 spiro atoms. The molecule has 4 heteroatoms. The van der Waals surface area contributed by atoms with Crippen LogP contribution in [-0.4, -0.2) is 37.9 Å². The zero-order valence-electron chi connectivity index (χ0n) is 7.50. The predicted molar refractivity (Wildman–Crippen MR) is 54.3 cm³/mol. The van der Waals surface area contributed by atoms with Gasteiger partial charge in [-0.1, -0.05) is 0 Å². The molecule has 0 aliphatic carbocycles. The molecule has 0 bridgehead atoms. The van der Waals surface area contributed by atoms with Crippen LogP contribution in [0.3, 0.4) is 0 Å². The van der Waals surface area contributed by atoms with Crippen LogP contribution in [0.5, 0.6) is 0 Å². The molecule has 1 rings (SSSR count). The summed E-state index contributed by atoms with van der Waals surface area (Å²) in [5, 5.41) is 26.8. The Kier molecular flexibility index (Phi) is 4.64. The van der Waals surface area contributed by atoms with Crippen LogP contribution in [-0.2, 0) is 0 Å². The third-order valence-corrected chi connectivity index (χ3v) is 4.23. The Morgan fingerprint density at radius 3 is 2.50 bits per heavy atom. The van der Waals surface area contributed by atoms with Gasteiger partial charge in [0.25, 0.3) is 0 Å². The van der Waals surface area contributed by atoms with Gasteiger partial charge in [-0.3, -0.25) is 0 Å². The van der Waals surface area contributed by atoms with Crippen molar-refractivity contribution in [2.75, 3.05) is 6.61 Å². The minimum absolute atomic E-state index is 0.113. The van der Waals surface area contributed by atoms with Crippen LogP contribution in [0.15, 0.2) is 30.3 Å². The number of nitriles is 1. The molecule has 1 aromatic rings. The molecule has 1 aromatic carbocycles. The zero-order chi connectivity index (χ0) is 10.4. The topological polar surface area (TPSA) is 64.2 Å². The van der Waals surface area contributed by atoms with Crippen molar-refractivity contribution in [1.29, 1.82) is 5.26 Å². The molecular formula is C10H11NO2Se. The van der Waals surface area contributed by atoms with Crippen LogP contribution in [0, 0.1) is 11.3 Å². The van der Waals surface area contributed by atoms with Crippen molar-refractivity contribution in [3.8, 4) is 6.07 Å². The molecule has 0 aliphatic heterocycles. The fourth-order valence-electron chi connectivity index (χ4n) is 0.932. The Bertz CT molecular complexity index is 310. The summed E-state index contributed by atoms with van der Waals surface area (Å²) in [6.07, 6.45) is -0.930. The van der Waals surface area contributed by atoms with Gasteiger partial charge in [-0.2, -0.15) is 0 Å². The summed E-state index contributed by atoms with van der Waals surface area (Å²) in [4.78, 5) is -0.477. The maximum absolute atomic E-state index is 9.32. The summed E-state index contributed by atoms with van der Waals surface area (Å²) < 4.78 is 1.05. The third-order valence-electron chi connectivity index (χ3n) is 1.67. The average molecular weight is 256 g/mol. The molecule has 2 atom stereocenters. The van der Waals surface area contributed by atoms with E-state index in [1.165, 1.54) is 0 Å². The number of benzene rings is 1. The van der Waals surface area contributed by atoms with Crippen molar-refractivity contribution in [1.82, 2.24) is 0 Å². The second-order valence-corrected chi connectivity index (χ2v) is 5.28. The molecule has 0 heterocycles. The molecule has 0 saturated carbocycles. The molecule has 0 radical (unpaired) electrons. The Labute approximate surface area is 89.2 Å². The van der Waals surface area contributed by atoms with Crippen molar-refractivity contribution < 1.29 is 10.2 Å². The fourth-order valence-corrected chi connectivity index (χ4v) is 2.83. The van der Waals surface area contributed by atoms with Crippen molar-refractivity contribution in [3.05, 3.63) is 30.3 Å². The van der Waals surface area contributed by atoms with Crippen molar-refractivity contribution in [2.24, 2.45) is 0 Å². The first kappa shape index (κ1) is 11.2. The molecular weight excluding hydrogens is 245 g/mol. The standard InChI is InChI=1S/C10H11NO2Se/c11-6-10(9(13)7-12)14-8-4-2-1-3-5-8/h1-5,9-10,12-13H,7H2. The van der Waals surface area contributed by atoms with Crippen LogP contribution in [0.1, 0.15) is 0 Å². The monoisotopic (exact) mass is 257 g/mol. The molecule has 74 valence electrons. The first-order chi connectivity index (χ1) is 6.77. The van der Waals surface area contributed by atoms with E-state index in [4.69, 9.17) is 10.4 Å². The Balaban J connectivity index is 2.63. The SMILES string of the molecule is N#CC([Se]c1ccccc1)C(O)CO. The van der Waals surface area contributed by atoms with Gasteiger partial charge < -0.3 is 0 Å². The van der Waals surface area contributed by atoms with Crippen LogP contribution in [0.25, 0.3) is 0 Å². The fraction of sp³-hybridized carbons (Fsp3) is 0.300. The van der Waals surface area contributed by atoms with Crippen molar-refractivity contribution in [3.63, 3.8) is 0 Å². The molecule has 2 unspecified atom stereocenters. The number of rotatable bonds is 4. The van der Waals surface area contributed by atoms with Crippen LogP contribution in [0.4, 0.5) is 0 Å². The molecule has 14 heavy (non-hydrogen) atoms. The Morgan fingerprint density at radius 2 is 2.00 bits per heavy atom. The summed E-state index contributed by atoms with van der Waals surface area (Å²) >= 11 is -0.113. The first-order valence-electron chi connectivity index (χ1n) is 4.18. The Hall–Kier alpha value is -0.851. The van der Waals surface area contributed by atoms with Gasteiger partial charge in [0.15, 0.2) is 0 Å². The second-order valence-electron chi connectivity index (χ2n) is 2.73. The molecule has 0 aliphatic rings. The van der Waals surface area contributed by atoms with Gasteiger partial charge in [-0.15, -0.1) is 0 Å². The third kappa shape index (κ3) is 3.13. The number of aliphatic hydroxyl groups is 2. The quantitative estimate of drug-likeness (QED) is 0.726. The van der Waals surface area contributed by atoms with E-state index < -0.39 is 10.9 Å². The Morgan fingerprint density at radius 1 is 1.36 bits per heavy atom. The summed E-state index contributed by atoms with van der Waals surface area (Å²) in [5.74, 6) is 0. The molecule has 2 N–H and O–H groups in total. The van der Waals surface area contributed by atoms with E-state index in [2.05, 4.69) is 0 Å². The minimum atomic E-state index is -0.930. The molecule has 0 amide bonds. The van der Waals surface area contributed by atoms with E-state index in [0.29, 0.717) is 0 Å². The average Bonchev–Trinajstić information content (AvgIpc) is 2.26. The van der Waals surface area contributed by atoms with Crippen molar-refractivity contribution in [2.45, 2.75) is 10.9 Å². The van der Waals surface area contributed by atoms with E-state index in [0.717, 1.165) is 4.46 Å². The summed E-state index contributed by atoms with van der Waals surface area (Å²) in [6.45, 7) is -0.354.